The third kappa shape index (κ3) is 4.96. The minimum absolute atomic E-state index is 0.0475. The molecule has 0 saturated carbocycles. The van der Waals surface area contributed by atoms with Gasteiger partial charge in [-0.15, -0.1) is 0 Å². The van der Waals surface area contributed by atoms with Crippen LogP contribution < -0.4 is 10.9 Å². The predicted octanol–water partition coefficient (Wildman–Crippen LogP) is 4.47. The second-order valence-electron chi connectivity index (χ2n) is 6.13. The summed E-state index contributed by atoms with van der Waals surface area (Å²) in [5.74, 6) is 0. The van der Waals surface area contributed by atoms with E-state index < -0.39 is 0 Å². The zero-order chi connectivity index (χ0) is 19.1. The molecule has 0 aliphatic rings. The molecule has 1 unspecified atom stereocenters. The molecule has 3 aromatic rings. The fraction of sp³-hybridized carbons (Fsp3) is 0.238. The summed E-state index contributed by atoms with van der Waals surface area (Å²) in [6, 6.07) is 19.3. The van der Waals surface area contributed by atoms with Crippen molar-refractivity contribution >= 4 is 17.3 Å². The van der Waals surface area contributed by atoms with Crippen LogP contribution in [-0.2, 0) is 4.74 Å². The molecule has 0 fully saturated rings. The first-order valence-electron chi connectivity index (χ1n) is 8.90. The highest BCUT2D eigenvalue weighted by Gasteiger charge is 2.10. The van der Waals surface area contributed by atoms with E-state index in [-0.39, 0.29) is 16.7 Å². The Morgan fingerprint density at radius 3 is 2.48 bits per heavy atom. The number of aromatic nitrogens is 2. The molecule has 2 aromatic carbocycles. The second-order valence-corrected chi connectivity index (χ2v) is 6.51. The van der Waals surface area contributed by atoms with Gasteiger partial charge in [0, 0.05) is 13.2 Å². The van der Waals surface area contributed by atoms with Gasteiger partial charge >= 0.3 is 0 Å². The Hall–Kier alpha value is -2.63. The summed E-state index contributed by atoms with van der Waals surface area (Å²) in [6.07, 6.45) is 2.41. The van der Waals surface area contributed by atoms with Gasteiger partial charge in [0.05, 0.1) is 23.7 Å². The molecule has 0 saturated heterocycles. The first kappa shape index (κ1) is 19.1. The summed E-state index contributed by atoms with van der Waals surface area (Å²) >= 11 is 6.22. The van der Waals surface area contributed by atoms with Crippen LogP contribution in [0.3, 0.4) is 0 Å². The lowest BCUT2D eigenvalue weighted by molar-refractivity contribution is 0.0656. The Labute approximate surface area is 163 Å². The fourth-order valence-electron chi connectivity index (χ4n) is 2.68. The topological polar surface area (TPSA) is 56.1 Å². The quantitative estimate of drug-likeness (QED) is 0.583. The highest BCUT2D eigenvalue weighted by Crippen LogP contribution is 2.18. The van der Waals surface area contributed by atoms with Gasteiger partial charge < -0.3 is 10.1 Å². The Kier molecular flexibility index (Phi) is 6.63. The smallest absolute Gasteiger partial charge is 0.292 e. The zero-order valence-corrected chi connectivity index (χ0v) is 15.9. The summed E-state index contributed by atoms with van der Waals surface area (Å²) in [4.78, 5) is 12.4. The average molecular weight is 384 g/mol. The first-order chi connectivity index (χ1) is 13.2. The molecule has 0 aliphatic heterocycles. The monoisotopic (exact) mass is 383 g/mol. The minimum atomic E-state index is -0.346. The number of benzene rings is 2. The predicted molar refractivity (Wildman–Crippen MR) is 109 cm³/mol. The van der Waals surface area contributed by atoms with Crippen molar-refractivity contribution < 1.29 is 4.74 Å². The lowest BCUT2D eigenvalue weighted by atomic mass is 10.1. The fourth-order valence-corrected chi connectivity index (χ4v) is 2.88. The van der Waals surface area contributed by atoms with Crippen LogP contribution in [0.2, 0.25) is 5.02 Å². The van der Waals surface area contributed by atoms with Crippen molar-refractivity contribution in [3.63, 3.8) is 0 Å². The van der Waals surface area contributed by atoms with Gasteiger partial charge in [-0.2, -0.15) is 9.78 Å². The molecule has 0 amide bonds. The maximum absolute atomic E-state index is 12.4. The van der Waals surface area contributed by atoms with Crippen LogP contribution in [0.4, 0.5) is 5.69 Å². The van der Waals surface area contributed by atoms with Crippen LogP contribution in [0.25, 0.3) is 5.69 Å². The Morgan fingerprint density at radius 1 is 1.11 bits per heavy atom. The molecule has 0 radical (unpaired) electrons. The van der Waals surface area contributed by atoms with Gasteiger partial charge in [0.15, 0.2) is 0 Å². The molecule has 0 aliphatic carbocycles. The van der Waals surface area contributed by atoms with E-state index in [1.165, 1.54) is 4.68 Å². The first-order valence-corrected chi connectivity index (χ1v) is 9.28. The van der Waals surface area contributed by atoms with Crippen LogP contribution in [-0.4, -0.2) is 22.9 Å². The van der Waals surface area contributed by atoms with Crippen LogP contribution >= 0.6 is 11.6 Å². The van der Waals surface area contributed by atoms with Gasteiger partial charge in [-0.3, -0.25) is 4.79 Å². The molecule has 0 bridgehead atoms. The van der Waals surface area contributed by atoms with Gasteiger partial charge in [0.1, 0.15) is 5.02 Å². The van der Waals surface area contributed by atoms with E-state index in [9.17, 15) is 4.79 Å². The normalized spacial score (nSPS) is 11.9. The van der Waals surface area contributed by atoms with Crippen LogP contribution in [0, 0.1) is 0 Å². The van der Waals surface area contributed by atoms with Crippen LogP contribution in [0.15, 0.2) is 71.7 Å². The van der Waals surface area contributed by atoms with Gasteiger partial charge in [0.25, 0.3) is 5.56 Å². The second kappa shape index (κ2) is 9.35. The van der Waals surface area contributed by atoms with E-state index >= 15 is 0 Å². The molecule has 6 heteroatoms. The minimum Gasteiger partial charge on any atom is -0.382 e. The van der Waals surface area contributed by atoms with Crippen molar-refractivity contribution in [2.75, 3.05) is 18.5 Å². The zero-order valence-electron chi connectivity index (χ0n) is 15.1. The molecular weight excluding hydrogens is 362 g/mol. The van der Waals surface area contributed by atoms with E-state index in [0.717, 1.165) is 12.0 Å². The summed E-state index contributed by atoms with van der Waals surface area (Å²) in [5, 5.41) is 7.49. The Balaban J connectivity index is 1.52. The maximum Gasteiger partial charge on any atom is 0.292 e. The third-order valence-corrected chi connectivity index (χ3v) is 4.56. The lowest BCUT2D eigenvalue weighted by Crippen LogP contribution is -2.23. The van der Waals surface area contributed by atoms with Gasteiger partial charge in [-0.05, 0) is 31.0 Å². The Bertz CT molecular complexity index is 914. The lowest BCUT2D eigenvalue weighted by Gasteiger charge is -2.14. The van der Waals surface area contributed by atoms with Gasteiger partial charge in [0.2, 0.25) is 0 Å². The molecule has 140 valence electrons. The number of nitrogens with zero attached hydrogens (tertiary/aromatic N) is 2. The van der Waals surface area contributed by atoms with Crippen molar-refractivity contribution in [1.29, 1.82) is 0 Å². The molecule has 1 aromatic heterocycles. The van der Waals surface area contributed by atoms with Crippen molar-refractivity contribution in [3.05, 3.63) is 87.8 Å². The highest BCUT2D eigenvalue weighted by atomic mass is 35.5. The number of anilines is 1. The summed E-state index contributed by atoms with van der Waals surface area (Å²) < 4.78 is 7.13. The van der Waals surface area contributed by atoms with E-state index in [1.54, 1.807) is 6.20 Å². The number of para-hydroxylation sites is 1. The average Bonchev–Trinajstić information content (AvgIpc) is 2.72. The summed E-state index contributed by atoms with van der Waals surface area (Å²) in [7, 11) is 0. The van der Waals surface area contributed by atoms with Crippen LogP contribution in [0.1, 0.15) is 25.0 Å². The summed E-state index contributed by atoms with van der Waals surface area (Å²) in [6.45, 7) is 3.28. The van der Waals surface area contributed by atoms with E-state index in [4.69, 9.17) is 16.3 Å². The number of ether oxygens (including phenoxy) is 1. The number of hydrogen-bond acceptors (Lipinski definition) is 4. The molecule has 0 spiro atoms. The third-order valence-electron chi connectivity index (χ3n) is 4.19. The molecule has 1 atom stereocenters. The van der Waals surface area contributed by atoms with Crippen molar-refractivity contribution in [1.82, 2.24) is 9.78 Å². The van der Waals surface area contributed by atoms with E-state index in [2.05, 4.69) is 22.5 Å². The highest BCUT2D eigenvalue weighted by molar-refractivity contribution is 6.32. The molecule has 5 nitrogen and oxygen atoms in total. The van der Waals surface area contributed by atoms with E-state index in [0.29, 0.717) is 24.5 Å². The number of rotatable bonds is 8. The van der Waals surface area contributed by atoms with E-state index in [1.807, 2.05) is 55.5 Å². The van der Waals surface area contributed by atoms with Crippen LogP contribution in [0.5, 0.6) is 0 Å². The maximum atomic E-state index is 12.4. The van der Waals surface area contributed by atoms with Crippen molar-refractivity contribution in [2.45, 2.75) is 19.4 Å². The molecule has 3 rings (SSSR count). The SMILES string of the molecule is CC(OCCCNc1cnn(-c2ccccc2)c(=O)c1Cl)c1ccccc1. The molecule has 27 heavy (non-hydrogen) atoms. The number of nitrogens with one attached hydrogen (secondary N) is 1. The van der Waals surface area contributed by atoms with Crippen molar-refractivity contribution in [2.24, 2.45) is 0 Å². The molecule has 1 heterocycles. The van der Waals surface area contributed by atoms with Gasteiger partial charge in [-0.25, -0.2) is 0 Å². The van der Waals surface area contributed by atoms with Gasteiger partial charge in [-0.1, -0.05) is 60.1 Å². The largest absolute Gasteiger partial charge is 0.382 e. The molecule has 1 N–H and O–H groups in total. The number of hydrogen-bond donors (Lipinski definition) is 1. The number of halogens is 1. The molecular formula is C21H22ClN3O2. The standard InChI is InChI=1S/C21H22ClN3O2/c1-16(17-9-4-2-5-10-17)27-14-8-13-23-19-15-24-25(21(26)20(19)22)18-11-6-3-7-12-18/h2-7,9-12,15-16,23H,8,13-14H2,1H3. The summed E-state index contributed by atoms with van der Waals surface area (Å²) in [5.41, 5.74) is 2.02. The van der Waals surface area contributed by atoms with Crippen molar-refractivity contribution in [3.8, 4) is 5.69 Å². The Morgan fingerprint density at radius 2 is 1.78 bits per heavy atom.